The smallest absolute Gasteiger partial charge is 0.230 e. The van der Waals surface area contributed by atoms with E-state index in [1.54, 1.807) is 0 Å². The molecule has 2 atom stereocenters. The van der Waals surface area contributed by atoms with Gasteiger partial charge in [-0.05, 0) is 76.5 Å². The van der Waals surface area contributed by atoms with E-state index in [2.05, 4.69) is 73.2 Å². The summed E-state index contributed by atoms with van der Waals surface area (Å²) in [6.07, 6.45) is 21.6. The molecule has 0 aromatic carbocycles. The molecule has 1 heterocycles. The molecule has 0 radical (unpaired) electrons. The first-order valence-electron chi connectivity index (χ1n) is 15.6. The van der Waals surface area contributed by atoms with E-state index >= 15 is 0 Å². The number of allylic oxidation sites excluding steroid dienone is 4. The Balaban J connectivity index is -0.000000747. The quantitative estimate of drug-likeness (QED) is 0.287. The van der Waals surface area contributed by atoms with E-state index in [1.807, 2.05) is 26.0 Å². The predicted molar refractivity (Wildman–Crippen MR) is 171 cm³/mol. The van der Waals surface area contributed by atoms with Crippen LogP contribution in [0.1, 0.15) is 152 Å². The van der Waals surface area contributed by atoms with Gasteiger partial charge in [0.15, 0.2) is 0 Å². The zero-order valence-corrected chi connectivity index (χ0v) is 26.7. The van der Waals surface area contributed by atoms with Crippen LogP contribution in [0.15, 0.2) is 49.7 Å². The molecule has 0 aromatic rings. The first-order chi connectivity index (χ1) is 17.8. The van der Waals surface area contributed by atoms with Crippen LogP contribution in [0.3, 0.4) is 0 Å². The summed E-state index contributed by atoms with van der Waals surface area (Å²) in [5.74, 6) is 1.67. The minimum atomic E-state index is -0.129. The maximum Gasteiger partial charge on any atom is 0.230 e. The van der Waals surface area contributed by atoms with Crippen molar-refractivity contribution in [3.05, 3.63) is 49.7 Å². The van der Waals surface area contributed by atoms with Gasteiger partial charge in [0.25, 0.3) is 0 Å². The summed E-state index contributed by atoms with van der Waals surface area (Å²) < 4.78 is 0. The van der Waals surface area contributed by atoms with E-state index in [1.165, 1.54) is 62.6 Å². The summed E-state index contributed by atoms with van der Waals surface area (Å²) in [5.41, 5.74) is 2.63. The number of hydrogen-bond donors (Lipinski definition) is 1. The molecule has 1 N–H and O–H groups in total. The SMILES string of the molecule is C=C.C=CCC.C=CCCC.CC.CCCC1(CCC(C)CC)CCC(C)=C(C2CCCCC2)NC1=O. The molecule has 1 amide bonds. The fourth-order valence-corrected chi connectivity index (χ4v) is 4.89. The van der Waals surface area contributed by atoms with Gasteiger partial charge in [-0.2, -0.15) is 0 Å². The van der Waals surface area contributed by atoms with E-state index < -0.39 is 0 Å². The van der Waals surface area contributed by atoms with E-state index in [0.717, 1.165) is 50.9 Å². The molecule has 0 bridgehead atoms. The third-order valence-corrected chi connectivity index (χ3v) is 7.50. The molecule has 2 nitrogen and oxygen atoms in total. The number of rotatable bonds is 10. The highest BCUT2D eigenvalue weighted by Gasteiger charge is 2.40. The third kappa shape index (κ3) is 17.5. The van der Waals surface area contributed by atoms with Gasteiger partial charge >= 0.3 is 0 Å². The number of unbranched alkanes of at least 4 members (excludes halogenated alkanes) is 1. The summed E-state index contributed by atoms with van der Waals surface area (Å²) in [5, 5.41) is 3.46. The zero-order valence-electron chi connectivity index (χ0n) is 26.7. The molecule has 1 aliphatic heterocycles. The minimum absolute atomic E-state index is 0.129. The van der Waals surface area contributed by atoms with Gasteiger partial charge in [0.05, 0.1) is 0 Å². The van der Waals surface area contributed by atoms with Crippen LogP contribution in [0, 0.1) is 17.3 Å². The number of carbonyl (C=O) groups is 1. The van der Waals surface area contributed by atoms with Crippen molar-refractivity contribution in [2.75, 3.05) is 0 Å². The molecule has 0 aromatic heterocycles. The van der Waals surface area contributed by atoms with Crippen molar-refractivity contribution in [3.8, 4) is 0 Å². The summed E-state index contributed by atoms with van der Waals surface area (Å²) in [6, 6.07) is 0. The molecule has 218 valence electrons. The first kappa shape index (κ1) is 39.9. The molecule has 0 spiro atoms. The van der Waals surface area contributed by atoms with Crippen LogP contribution in [-0.4, -0.2) is 5.91 Å². The van der Waals surface area contributed by atoms with Gasteiger partial charge < -0.3 is 5.32 Å². The van der Waals surface area contributed by atoms with Crippen molar-refractivity contribution in [2.45, 2.75) is 152 Å². The Morgan fingerprint density at radius 2 is 1.54 bits per heavy atom. The highest BCUT2D eigenvalue weighted by molar-refractivity contribution is 5.84. The Morgan fingerprint density at radius 3 is 1.95 bits per heavy atom. The summed E-state index contributed by atoms with van der Waals surface area (Å²) in [6.45, 7) is 30.3. The lowest BCUT2D eigenvalue weighted by Crippen LogP contribution is -2.41. The molecule has 2 aliphatic rings. The van der Waals surface area contributed by atoms with Crippen LogP contribution in [0.4, 0.5) is 0 Å². The highest BCUT2D eigenvalue weighted by Crippen LogP contribution is 2.42. The number of carbonyl (C=O) groups excluding carboxylic acids is 1. The molecular weight excluding hydrogens is 450 g/mol. The van der Waals surface area contributed by atoms with Crippen LogP contribution in [-0.2, 0) is 4.79 Å². The lowest BCUT2D eigenvalue weighted by Gasteiger charge is -2.33. The van der Waals surface area contributed by atoms with Crippen LogP contribution in [0.25, 0.3) is 0 Å². The van der Waals surface area contributed by atoms with Gasteiger partial charge in [-0.3, -0.25) is 4.79 Å². The van der Waals surface area contributed by atoms with E-state index in [-0.39, 0.29) is 5.41 Å². The van der Waals surface area contributed by atoms with E-state index in [4.69, 9.17) is 0 Å². The molecular formula is C35H67NO. The lowest BCUT2D eigenvalue weighted by atomic mass is 9.73. The number of nitrogens with one attached hydrogen (secondary N) is 1. The van der Waals surface area contributed by atoms with Gasteiger partial charge in [0.2, 0.25) is 5.91 Å². The first-order valence-corrected chi connectivity index (χ1v) is 15.6. The van der Waals surface area contributed by atoms with Gasteiger partial charge in [-0.15, -0.1) is 26.3 Å². The Kier molecular flexibility index (Phi) is 29.6. The maximum absolute atomic E-state index is 13.3. The van der Waals surface area contributed by atoms with Crippen molar-refractivity contribution in [1.82, 2.24) is 5.32 Å². The minimum Gasteiger partial charge on any atom is -0.329 e. The Morgan fingerprint density at radius 1 is 0.973 bits per heavy atom. The van der Waals surface area contributed by atoms with Gasteiger partial charge in [0, 0.05) is 11.1 Å². The normalized spacial score (nSPS) is 19.9. The largest absolute Gasteiger partial charge is 0.329 e. The Hall–Kier alpha value is -1.57. The fraction of sp³-hybridized carbons (Fsp3) is 0.743. The van der Waals surface area contributed by atoms with E-state index in [0.29, 0.717) is 11.8 Å². The molecule has 1 aliphatic carbocycles. The average Bonchev–Trinajstić information content (AvgIpc) is 3.07. The second-order valence-electron chi connectivity index (χ2n) is 10.3. The van der Waals surface area contributed by atoms with Crippen LogP contribution in [0.5, 0.6) is 0 Å². The van der Waals surface area contributed by atoms with Gasteiger partial charge in [-0.1, -0.05) is 105 Å². The summed E-state index contributed by atoms with van der Waals surface area (Å²) in [4.78, 5) is 13.3. The molecule has 1 saturated carbocycles. The standard InChI is InChI=1S/C22H39NO.C5H10.C4H8.C2H6.C2H4/c1-5-14-22(15-12-17(3)6-2)16-13-18(4)20(23-21(22)24)19-10-8-7-9-11-19;1-3-5-4-2;1-3-4-2;2*1-2/h17,19H,5-16H2,1-4H3,(H,23,24);3H,1,4-5H2,2H3;3H,1,4H2,2H3;1-2H3;1-2H2. The lowest BCUT2D eigenvalue weighted by molar-refractivity contribution is -0.131. The monoisotopic (exact) mass is 518 g/mol. The van der Waals surface area contributed by atoms with Crippen molar-refractivity contribution in [2.24, 2.45) is 17.3 Å². The van der Waals surface area contributed by atoms with Crippen molar-refractivity contribution < 1.29 is 4.79 Å². The molecule has 2 unspecified atom stereocenters. The second-order valence-corrected chi connectivity index (χ2v) is 10.3. The number of hydrogen-bond acceptors (Lipinski definition) is 1. The van der Waals surface area contributed by atoms with Crippen molar-refractivity contribution >= 4 is 5.91 Å². The zero-order chi connectivity index (χ0) is 29.1. The van der Waals surface area contributed by atoms with Crippen molar-refractivity contribution in [1.29, 1.82) is 0 Å². The molecule has 1 fully saturated rings. The van der Waals surface area contributed by atoms with Crippen LogP contribution < -0.4 is 5.32 Å². The average molecular weight is 518 g/mol. The maximum atomic E-state index is 13.3. The third-order valence-electron chi connectivity index (χ3n) is 7.50. The second kappa shape index (κ2) is 27.5. The Labute approximate surface area is 234 Å². The van der Waals surface area contributed by atoms with Gasteiger partial charge in [-0.25, -0.2) is 0 Å². The molecule has 2 heteroatoms. The molecule has 0 saturated heterocycles. The van der Waals surface area contributed by atoms with Crippen LogP contribution in [0.2, 0.25) is 0 Å². The van der Waals surface area contributed by atoms with E-state index in [9.17, 15) is 4.79 Å². The van der Waals surface area contributed by atoms with Crippen LogP contribution >= 0.6 is 0 Å². The Bertz CT molecular complexity index is 584. The number of amides is 1. The predicted octanol–water partition coefficient (Wildman–Crippen LogP) is 11.7. The molecule has 37 heavy (non-hydrogen) atoms. The molecule has 2 rings (SSSR count). The van der Waals surface area contributed by atoms with Gasteiger partial charge in [0.1, 0.15) is 0 Å². The van der Waals surface area contributed by atoms with Crippen molar-refractivity contribution in [3.63, 3.8) is 0 Å². The highest BCUT2D eigenvalue weighted by atomic mass is 16.2. The topological polar surface area (TPSA) is 29.1 Å². The summed E-state index contributed by atoms with van der Waals surface area (Å²) >= 11 is 0. The fourth-order valence-electron chi connectivity index (χ4n) is 4.89. The summed E-state index contributed by atoms with van der Waals surface area (Å²) in [7, 11) is 0.